The lowest BCUT2D eigenvalue weighted by Gasteiger charge is -2.15. The van der Waals surface area contributed by atoms with Gasteiger partial charge in [0.2, 0.25) is 0 Å². The van der Waals surface area contributed by atoms with Crippen molar-refractivity contribution >= 4 is 57.4 Å². The van der Waals surface area contributed by atoms with Gasteiger partial charge in [-0.15, -0.1) is 0 Å². The zero-order valence-corrected chi connectivity index (χ0v) is 21.3. The maximum atomic E-state index is 13.1. The number of nitrogens with one attached hydrogen (secondary N) is 4. The first kappa shape index (κ1) is 25.2. The Bertz CT molecular complexity index is 1300. The minimum atomic E-state index is -0.297. The number of anilines is 4. The average Bonchev–Trinajstić information content (AvgIpc) is 2.84. The fourth-order valence-electron chi connectivity index (χ4n) is 3.60. The Morgan fingerprint density at radius 2 is 0.889 bits per heavy atom. The molecule has 4 rings (SSSR count). The molecule has 0 radical (unpaired) electrons. The van der Waals surface area contributed by atoms with Gasteiger partial charge in [0, 0.05) is 22.7 Å². The van der Waals surface area contributed by atoms with Gasteiger partial charge in [0.25, 0.3) is 0 Å². The van der Waals surface area contributed by atoms with Gasteiger partial charge in [0.15, 0.2) is 10.2 Å². The topological polar surface area (TPSA) is 48.1 Å². The van der Waals surface area contributed by atoms with Crippen molar-refractivity contribution in [2.24, 2.45) is 0 Å². The molecule has 0 aliphatic heterocycles. The fraction of sp³-hybridized carbons (Fsp3) is 0.0714. The number of thiocarbonyl (C=S) groups is 2. The van der Waals surface area contributed by atoms with Crippen LogP contribution in [0.5, 0.6) is 0 Å². The van der Waals surface area contributed by atoms with E-state index in [-0.39, 0.29) is 11.6 Å². The van der Waals surface area contributed by atoms with Crippen LogP contribution in [0.4, 0.5) is 31.5 Å². The molecule has 4 aromatic carbocycles. The van der Waals surface area contributed by atoms with Gasteiger partial charge in [-0.1, -0.05) is 12.1 Å². The van der Waals surface area contributed by atoms with E-state index in [0.717, 1.165) is 33.6 Å². The predicted octanol–water partition coefficient (Wildman–Crippen LogP) is 7.87. The molecule has 0 saturated carbocycles. The Morgan fingerprint density at radius 3 is 1.22 bits per heavy atom. The van der Waals surface area contributed by atoms with Crippen LogP contribution in [0.2, 0.25) is 0 Å². The maximum absolute atomic E-state index is 13.1. The second kappa shape index (κ2) is 11.2. The maximum Gasteiger partial charge on any atom is 0.175 e. The lowest BCUT2D eigenvalue weighted by Crippen LogP contribution is -2.19. The molecule has 0 spiro atoms. The van der Waals surface area contributed by atoms with Crippen molar-refractivity contribution in [3.8, 4) is 11.1 Å². The molecule has 0 amide bonds. The van der Waals surface area contributed by atoms with Crippen molar-refractivity contribution in [1.29, 1.82) is 0 Å². The van der Waals surface area contributed by atoms with Crippen LogP contribution >= 0.6 is 24.4 Å². The van der Waals surface area contributed by atoms with Crippen molar-refractivity contribution in [1.82, 2.24) is 0 Å². The van der Waals surface area contributed by atoms with Crippen LogP contribution in [0.1, 0.15) is 11.1 Å². The monoisotopic (exact) mass is 518 g/mol. The van der Waals surface area contributed by atoms with Crippen molar-refractivity contribution in [2.75, 3.05) is 21.3 Å². The van der Waals surface area contributed by atoms with Crippen LogP contribution in [0.15, 0.2) is 84.9 Å². The molecular formula is C28H24F2N4S2. The number of rotatable bonds is 5. The van der Waals surface area contributed by atoms with Crippen LogP contribution in [0, 0.1) is 25.5 Å². The van der Waals surface area contributed by atoms with Gasteiger partial charge in [0.1, 0.15) is 11.6 Å². The third-order valence-electron chi connectivity index (χ3n) is 5.49. The smallest absolute Gasteiger partial charge is 0.175 e. The molecule has 0 aromatic heterocycles. The summed E-state index contributed by atoms with van der Waals surface area (Å²) < 4.78 is 26.2. The number of hydrogen-bond donors (Lipinski definition) is 4. The Morgan fingerprint density at radius 1 is 0.528 bits per heavy atom. The van der Waals surface area contributed by atoms with Crippen molar-refractivity contribution in [3.63, 3.8) is 0 Å². The van der Waals surface area contributed by atoms with Crippen LogP contribution in [-0.4, -0.2) is 10.2 Å². The molecule has 182 valence electrons. The highest BCUT2D eigenvalue weighted by Crippen LogP contribution is 2.28. The zero-order chi connectivity index (χ0) is 25.7. The summed E-state index contributed by atoms with van der Waals surface area (Å²) in [5.74, 6) is -0.594. The molecular weight excluding hydrogens is 494 g/mol. The van der Waals surface area contributed by atoms with E-state index < -0.39 is 0 Å². The standard InChI is InChI=1S/C28H24F2N4S2/c1-17-15-19(3-13-25(17)33-27(35)31-23-9-5-21(29)6-10-23)20-4-14-26(18(2)16-20)34-28(36)32-24-11-7-22(30)8-12-24/h3-16H,1-2H3,(H2,31,33,35)(H2,32,34,36). The second-order valence-corrected chi connectivity index (χ2v) is 9.05. The number of hydrogen-bond acceptors (Lipinski definition) is 2. The molecule has 4 nitrogen and oxygen atoms in total. The highest BCUT2D eigenvalue weighted by atomic mass is 32.1. The van der Waals surface area contributed by atoms with E-state index in [1.54, 1.807) is 24.3 Å². The third kappa shape index (κ3) is 6.62. The molecule has 8 heteroatoms. The molecule has 0 aliphatic carbocycles. The van der Waals surface area contributed by atoms with E-state index in [1.807, 2.05) is 38.1 Å². The van der Waals surface area contributed by atoms with E-state index in [1.165, 1.54) is 24.3 Å². The van der Waals surface area contributed by atoms with Gasteiger partial charge >= 0.3 is 0 Å². The predicted molar refractivity (Wildman–Crippen MR) is 154 cm³/mol. The summed E-state index contributed by atoms with van der Waals surface area (Å²) in [6.07, 6.45) is 0. The molecule has 36 heavy (non-hydrogen) atoms. The van der Waals surface area contributed by atoms with Gasteiger partial charge in [-0.05, 0) is 133 Å². The molecule has 0 bridgehead atoms. The summed E-state index contributed by atoms with van der Waals surface area (Å²) >= 11 is 10.8. The molecule has 4 N–H and O–H groups in total. The molecule has 0 fully saturated rings. The van der Waals surface area contributed by atoms with Crippen molar-refractivity contribution in [2.45, 2.75) is 13.8 Å². The molecule has 0 saturated heterocycles. The quantitative estimate of drug-likeness (QED) is 0.202. The largest absolute Gasteiger partial charge is 0.332 e. The third-order valence-corrected chi connectivity index (χ3v) is 5.89. The van der Waals surface area contributed by atoms with Crippen molar-refractivity contribution in [3.05, 3.63) is 108 Å². The molecule has 0 heterocycles. The van der Waals surface area contributed by atoms with Gasteiger partial charge in [-0.2, -0.15) is 0 Å². The highest BCUT2D eigenvalue weighted by Gasteiger charge is 2.08. The zero-order valence-electron chi connectivity index (χ0n) is 19.7. The van der Waals surface area contributed by atoms with Gasteiger partial charge in [-0.3, -0.25) is 0 Å². The Hall–Kier alpha value is -3.88. The van der Waals surface area contributed by atoms with Crippen molar-refractivity contribution < 1.29 is 8.78 Å². The summed E-state index contributed by atoms with van der Waals surface area (Å²) in [5.41, 5.74) is 7.37. The summed E-state index contributed by atoms with van der Waals surface area (Å²) in [5, 5.41) is 13.3. The Kier molecular flexibility index (Phi) is 7.87. The number of aryl methyl sites for hydroxylation is 2. The summed E-state index contributed by atoms with van der Waals surface area (Å²) in [7, 11) is 0. The van der Waals surface area contributed by atoms with Gasteiger partial charge in [0.05, 0.1) is 0 Å². The normalized spacial score (nSPS) is 10.4. The van der Waals surface area contributed by atoms with Gasteiger partial charge < -0.3 is 21.3 Å². The van der Waals surface area contributed by atoms with E-state index in [4.69, 9.17) is 24.4 Å². The second-order valence-electron chi connectivity index (χ2n) is 8.23. The first-order valence-electron chi connectivity index (χ1n) is 11.2. The van der Waals surface area contributed by atoms with E-state index in [9.17, 15) is 8.78 Å². The molecule has 0 atom stereocenters. The lowest BCUT2D eigenvalue weighted by molar-refractivity contribution is 0.627. The van der Waals surface area contributed by atoms with Crippen LogP contribution in [0.3, 0.4) is 0 Å². The highest BCUT2D eigenvalue weighted by molar-refractivity contribution is 7.81. The Balaban J connectivity index is 1.40. The van der Waals surface area contributed by atoms with E-state index >= 15 is 0 Å². The SMILES string of the molecule is Cc1cc(-c2ccc(NC(=S)Nc3ccc(F)cc3)c(C)c2)ccc1NC(=S)Nc1ccc(F)cc1. The summed E-state index contributed by atoms with van der Waals surface area (Å²) in [4.78, 5) is 0. The van der Waals surface area contributed by atoms with Crippen LogP contribution in [0.25, 0.3) is 11.1 Å². The van der Waals surface area contributed by atoms with E-state index in [0.29, 0.717) is 21.6 Å². The molecule has 0 aliphatic rings. The number of halogens is 2. The minimum absolute atomic E-state index is 0.297. The summed E-state index contributed by atoms with van der Waals surface area (Å²) in [6.45, 7) is 4.02. The first-order valence-corrected chi connectivity index (χ1v) is 12.0. The van der Waals surface area contributed by atoms with Crippen LogP contribution in [-0.2, 0) is 0 Å². The number of benzene rings is 4. The van der Waals surface area contributed by atoms with E-state index in [2.05, 4.69) is 33.4 Å². The Labute approximate surface area is 219 Å². The van der Waals surface area contributed by atoms with Crippen LogP contribution < -0.4 is 21.3 Å². The fourth-order valence-corrected chi connectivity index (χ4v) is 4.06. The minimum Gasteiger partial charge on any atom is -0.332 e. The summed E-state index contributed by atoms with van der Waals surface area (Å²) in [6, 6.07) is 24.2. The molecule has 4 aromatic rings. The average molecular weight is 519 g/mol. The molecule has 0 unspecified atom stereocenters. The first-order chi connectivity index (χ1) is 17.3. The van der Waals surface area contributed by atoms with Gasteiger partial charge in [-0.25, -0.2) is 8.78 Å². The lowest BCUT2D eigenvalue weighted by atomic mass is 10.00.